The Kier molecular flexibility index (Phi) is 9.03. The second-order valence-corrected chi connectivity index (χ2v) is 12.0. The van der Waals surface area contributed by atoms with E-state index in [1.54, 1.807) is 17.0 Å². The van der Waals surface area contributed by atoms with Crippen LogP contribution in [0.15, 0.2) is 66.7 Å². The van der Waals surface area contributed by atoms with Crippen LogP contribution < -0.4 is 11.1 Å². The maximum absolute atomic E-state index is 13.1. The standard InChI is InChI=1S/C34H38N6O4/c1-21-27(6-5-7-28(21)36-31(42)23-12-14-25(15-13-23)34(2,3)4)30-37-29(38-33(35)39-30)18-22-8-10-24(11-9-22)32(43)40-16-17-44-20-26(40)19-41/h5-15,26,41H,16-20H2,1-4H3,(H,36,42)(H2,35,37,38,39). The molecule has 44 heavy (non-hydrogen) atoms. The molecule has 1 atom stereocenters. The average Bonchev–Trinajstić information content (AvgIpc) is 3.01. The lowest BCUT2D eigenvalue weighted by atomic mass is 9.86. The molecule has 0 aliphatic carbocycles. The Morgan fingerprint density at radius 1 is 1.00 bits per heavy atom. The van der Waals surface area contributed by atoms with Crippen LogP contribution >= 0.6 is 0 Å². The van der Waals surface area contributed by atoms with Crippen molar-refractivity contribution in [1.82, 2.24) is 19.9 Å². The van der Waals surface area contributed by atoms with Gasteiger partial charge < -0.3 is 25.8 Å². The number of benzene rings is 3. The minimum absolute atomic E-state index is 0.00150. The third kappa shape index (κ3) is 6.93. The van der Waals surface area contributed by atoms with Crippen LogP contribution in [0, 0.1) is 6.92 Å². The van der Waals surface area contributed by atoms with Crippen molar-refractivity contribution in [3.8, 4) is 11.4 Å². The predicted molar refractivity (Wildman–Crippen MR) is 169 cm³/mol. The van der Waals surface area contributed by atoms with Gasteiger partial charge in [0.05, 0.1) is 25.9 Å². The molecule has 0 bridgehead atoms. The molecule has 1 unspecified atom stereocenters. The van der Waals surface area contributed by atoms with Crippen LogP contribution in [0.5, 0.6) is 0 Å². The first-order valence-corrected chi connectivity index (χ1v) is 14.6. The van der Waals surface area contributed by atoms with E-state index in [1.807, 2.05) is 61.5 Å². The molecule has 228 valence electrons. The molecule has 2 amide bonds. The summed E-state index contributed by atoms with van der Waals surface area (Å²) in [5, 5.41) is 12.6. The molecule has 0 saturated carbocycles. The van der Waals surface area contributed by atoms with E-state index in [1.165, 1.54) is 0 Å². The topological polar surface area (TPSA) is 144 Å². The van der Waals surface area contributed by atoms with E-state index in [0.717, 1.165) is 22.3 Å². The Morgan fingerprint density at radius 2 is 1.70 bits per heavy atom. The summed E-state index contributed by atoms with van der Waals surface area (Å²) in [4.78, 5) is 41.2. The molecule has 5 rings (SSSR count). The highest BCUT2D eigenvalue weighted by molar-refractivity contribution is 6.05. The maximum atomic E-state index is 13.1. The van der Waals surface area contributed by atoms with Crippen molar-refractivity contribution in [3.05, 3.63) is 100 Å². The van der Waals surface area contributed by atoms with E-state index in [-0.39, 0.29) is 35.8 Å². The van der Waals surface area contributed by atoms with E-state index in [4.69, 9.17) is 15.5 Å². The summed E-state index contributed by atoms with van der Waals surface area (Å²) in [7, 11) is 0. The Balaban J connectivity index is 1.32. The van der Waals surface area contributed by atoms with Crippen LogP contribution in [0.3, 0.4) is 0 Å². The largest absolute Gasteiger partial charge is 0.394 e. The lowest BCUT2D eigenvalue weighted by Crippen LogP contribution is -2.50. The minimum atomic E-state index is -0.349. The van der Waals surface area contributed by atoms with Crippen LogP contribution in [-0.4, -0.2) is 69.2 Å². The SMILES string of the molecule is Cc1c(NC(=O)c2ccc(C(C)(C)C)cc2)cccc1-c1nc(N)nc(Cc2ccc(C(=O)N3CCOCC3CO)cc2)n1. The number of rotatable bonds is 7. The highest BCUT2D eigenvalue weighted by Gasteiger charge is 2.27. The van der Waals surface area contributed by atoms with Gasteiger partial charge >= 0.3 is 0 Å². The summed E-state index contributed by atoms with van der Waals surface area (Å²) in [6.07, 6.45) is 0.380. The zero-order valence-corrected chi connectivity index (χ0v) is 25.5. The second-order valence-electron chi connectivity index (χ2n) is 12.0. The van der Waals surface area contributed by atoms with Crippen molar-refractivity contribution in [1.29, 1.82) is 0 Å². The first kappa shape index (κ1) is 30.8. The molecule has 1 aliphatic rings. The molecular formula is C34H38N6O4. The number of carbonyl (C=O) groups excluding carboxylic acids is 2. The number of nitrogens with zero attached hydrogens (tertiary/aromatic N) is 4. The molecule has 3 aromatic carbocycles. The van der Waals surface area contributed by atoms with Gasteiger partial charge in [0.15, 0.2) is 5.82 Å². The van der Waals surface area contributed by atoms with Crippen LogP contribution in [0.25, 0.3) is 11.4 Å². The van der Waals surface area contributed by atoms with Crippen LogP contribution in [0.2, 0.25) is 0 Å². The van der Waals surface area contributed by atoms with Crippen molar-refractivity contribution >= 4 is 23.5 Å². The molecule has 4 aromatic rings. The van der Waals surface area contributed by atoms with E-state index in [9.17, 15) is 14.7 Å². The first-order chi connectivity index (χ1) is 21.0. The quantitative estimate of drug-likeness (QED) is 0.286. The third-order valence-electron chi connectivity index (χ3n) is 7.80. The number of amides is 2. The van der Waals surface area contributed by atoms with Crippen LogP contribution in [0.1, 0.15) is 64.0 Å². The smallest absolute Gasteiger partial charge is 0.255 e. The van der Waals surface area contributed by atoms with Gasteiger partial charge in [0.1, 0.15) is 5.82 Å². The molecule has 2 heterocycles. The summed E-state index contributed by atoms with van der Waals surface area (Å²) in [6, 6.07) is 20.1. The van der Waals surface area contributed by atoms with Gasteiger partial charge in [-0.1, -0.05) is 57.2 Å². The van der Waals surface area contributed by atoms with Crippen molar-refractivity contribution in [2.45, 2.75) is 45.6 Å². The number of hydrogen-bond donors (Lipinski definition) is 3. The normalized spacial score (nSPS) is 15.2. The zero-order valence-electron chi connectivity index (χ0n) is 25.5. The number of aliphatic hydroxyl groups is 1. The maximum Gasteiger partial charge on any atom is 0.255 e. The molecule has 1 aromatic heterocycles. The molecule has 1 fully saturated rings. The van der Waals surface area contributed by atoms with Gasteiger partial charge in [-0.3, -0.25) is 9.59 Å². The van der Waals surface area contributed by atoms with Gasteiger partial charge in [0, 0.05) is 35.3 Å². The van der Waals surface area contributed by atoms with Crippen molar-refractivity contribution < 1.29 is 19.4 Å². The number of hydrogen-bond acceptors (Lipinski definition) is 8. The number of nitrogens with two attached hydrogens (primary N) is 1. The summed E-state index contributed by atoms with van der Waals surface area (Å²) >= 11 is 0. The minimum Gasteiger partial charge on any atom is -0.394 e. The number of nitrogens with one attached hydrogen (secondary N) is 1. The summed E-state index contributed by atoms with van der Waals surface area (Å²) in [6.45, 7) is 9.37. The molecule has 1 saturated heterocycles. The van der Waals surface area contributed by atoms with Gasteiger partial charge in [0.2, 0.25) is 5.95 Å². The highest BCUT2D eigenvalue weighted by Crippen LogP contribution is 2.28. The second kappa shape index (κ2) is 12.9. The number of aromatic nitrogens is 3. The molecule has 10 nitrogen and oxygen atoms in total. The fourth-order valence-electron chi connectivity index (χ4n) is 5.15. The Morgan fingerprint density at radius 3 is 2.39 bits per heavy atom. The molecule has 0 spiro atoms. The van der Waals surface area contributed by atoms with Gasteiger partial charge in [-0.05, 0) is 59.4 Å². The van der Waals surface area contributed by atoms with Gasteiger partial charge in [-0.2, -0.15) is 9.97 Å². The van der Waals surface area contributed by atoms with E-state index in [2.05, 4.69) is 36.1 Å². The van der Waals surface area contributed by atoms with Crippen molar-refractivity contribution in [3.63, 3.8) is 0 Å². The molecule has 4 N–H and O–H groups in total. The number of morpholine rings is 1. The summed E-state index contributed by atoms with van der Waals surface area (Å²) in [5.74, 6) is 0.628. The van der Waals surface area contributed by atoms with Gasteiger partial charge in [-0.25, -0.2) is 4.98 Å². The average molecular weight is 595 g/mol. The zero-order chi connectivity index (χ0) is 31.4. The molecular weight excluding hydrogens is 556 g/mol. The fourth-order valence-corrected chi connectivity index (χ4v) is 5.15. The number of aliphatic hydroxyl groups excluding tert-OH is 1. The lowest BCUT2D eigenvalue weighted by Gasteiger charge is -2.34. The number of nitrogen functional groups attached to an aromatic ring is 1. The number of carbonyl (C=O) groups is 2. The Bertz CT molecular complexity index is 1650. The van der Waals surface area contributed by atoms with Gasteiger partial charge in [-0.15, -0.1) is 0 Å². The van der Waals surface area contributed by atoms with Crippen molar-refractivity contribution in [2.75, 3.05) is 37.4 Å². The van der Waals surface area contributed by atoms with Crippen LogP contribution in [0.4, 0.5) is 11.6 Å². The first-order valence-electron chi connectivity index (χ1n) is 14.6. The van der Waals surface area contributed by atoms with E-state index >= 15 is 0 Å². The van der Waals surface area contributed by atoms with Crippen LogP contribution in [-0.2, 0) is 16.6 Å². The fraction of sp³-hybridized carbons (Fsp3) is 0.324. The number of ether oxygens (including phenoxy) is 1. The van der Waals surface area contributed by atoms with E-state index in [0.29, 0.717) is 54.6 Å². The van der Waals surface area contributed by atoms with Crippen molar-refractivity contribution in [2.24, 2.45) is 0 Å². The molecule has 10 heteroatoms. The highest BCUT2D eigenvalue weighted by atomic mass is 16.5. The summed E-state index contributed by atoms with van der Waals surface area (Å²) in [5.41, 5.74) is 11.4. The monoisotopic (exact) mass is 594 g/mol. The van der Waals surface area contributed by atoms with Gasteiger partial charge in [0.25, 0.3) is 11.8 Å². The Hall–Kier alpha value is -4.67. The summed E-state index contributed by atoms with van der Waals surface area (Å²) < 4.78 is 5.39. The predicted octanol–water partition coefficient (Wildman–Crippen LogP) is 4.40. The molecule has 0 radical (unpaired) electrons. The number of anilines is 2. The molecule has 1 aliphatic heterocycles. The third-order valence-corrected chi connectivity index (χ3v) is 7.80. The van der Waals surface area contributed by atoms with E-state index < -0.39 is 0 Å². The Labute approximate surface area is 257 Å². The lowest BCUT2D eigenvalue weighted by molar-refractivity contribution is -0.0183.